The number of hydrogen-bond acceptors (Lipinski definition) is 5. The molecule has 0 amide bonds. The van der Waals surface area contributed by atoms with Gasteiger partial charge in [0.05, 0.1) is 25.5 Å². The van der Waals surface area contributed by atoms with Gasteiger partial charge in [-0.2, -0.15) is 0 Å². The molecule has 24 heavy (non-hydrogen) atoms. The lowest BCUT2D eigenvalue weighted by Crippen LogP contribution is -2.40. The molecule has 0 saturated carbocycles. The predicted octanol–water partition coefficient (Wildman–Crippen LogP) is 1.44. The fourth-order valence-electron chi connectivity index (χ4n) is 2.16. The van der Waals surface area contributed by atoms with Crippen LogP contribution in [0.4, 0.5) is 0 Å². The summed E-state index contributed by atoms with van der Waals surface area (Å²) in [4.78, 5) is 8.17. The lowest BCUT2D eigenvalue weighted by atomic mass is 10.3. The van der Waals surface area contributed by atoms with Crippen LogP contribution in [0.3, 0.4) is 0 Å². The molecule has 0 spiro atoms. The van der Waals surface area contributed by atoms with Gasteiger partial charge in [0.2, 0.25) is 0 Å². The van der Waals surface area contributed by atoms with Crippen molar-refractivity contribution in [2.75, 3.05) is 46.6 Å². The van der Waals surface area contributed by atoms with E-state index in [0.29, 0.717) is 13.2 Å². The molecule has 2 rings (SSSR count). The number of ether oxygens (including phenoxy) is 3. The van der Waals surface area contributed by atoms with Crippen molar-refractivity contribution in [2.24, 2.45) is 4.99 Å². The van der Waals surface area contributed by atoms with Gasteiger partial charge in [0.1, 0.15) is 12.4 Å². The Kier molecular flexibility index (Phi) is 11.5. The van der Waals surface area contributed by atoms with Crippen molar-refractivity contribution in [3.8, 4) is 5.75 Å². The zero-order chi connectivity index (χ0) is 16.2. The normalized spacial score (nSPS) is 17.2. The highest BCUT2D eigenvalue weighted by molar-refractivity contribution is 14.0. The van der Waals surface area contributed by atoms with E-state index in [9.17, 15) is 0 Å². The van der Waals surface area contributed by atoms with Crippen LogP contribution in [0.5, 0.6) is 5.75 Å². The number of nitrogens with one attached hydrogen (secondary N) is 2. The number of halogens is 1. The Bertz CT molecular complexity index is 456. The molecule has 0 bridgehead atoms. The van der Waals surface area contributed by atoms with Crippen LogP contribution in [0.2, 0.25) is 0 Å². The van der Waals surface area contributed by atoms with Crippen LogP contribution >= 0.6 is 24.0 Å². The first-order valence-electron chi connectivity index (χ1n) is 8.05. The first-order chi connectivity index (χ1) is 11.4. The van der Waals surface area contributed by atoms with Gasteiger partial charge >= 0.3 is 0 Å². The van der Waals surface area contributed by atoms with Gasteiger partial charge in [-0.3, -0.25) is 9.98 Å². The van der Waals surface area contributed by atoms with Crippen LogP contribution in [0.25, 0.3) is 0 Å². The second kappa shape index (κ2) is 13.2. The molecule has 136 valence electrons. The van der Waals surface area contributed by atoms with E-state index in [2.05, 4.69) is 20.6 Å². The molecular weight excluding hydrogens is 423 g/mol. The van der Waals surface area contributed by atoms with Gasteiger partial charge in [-0.05, 0) is 25.0 Å². The summed E-state index contributed by atoms with van der Waals surface area (Å²) in [6.07, 6.45) is 5.64. The predicted molar refractivity (Wildman–Crippen MR) is 104 cm³/mol. The summed E-state index contributed by atoms with van der Waals surface area (Å²) < 4.78 is 16.5. The second-order valence-corrected chi connectivity index (χ2v) is 5.17. The Labute approximate surface area is 160 Å². The summed E-state index contributed by atoms with van der Waals surface area (Å²) in [5.41, 5.74) is 0. The van der Waals surface area contributed by atoms with E-state index < -0.39 is 0 Å². The Morgan fingerprint density at radius 1 is 1.38 bits per heavy atom. The number of rotatable bonds is 9. The van der Waals surface area contributed by atoms with Crippen LogP contribution in [-0.4, -0.2) is 63.6 Å². The second-order valence-electron chi connectivity index (χ2n) is 5.17. The molecule has 1 saturated heterocycles. The van der Waals surface area contributed by atoms with Gasteiger partial charge in [0.25, 0.3) is 0 Å². The largest absolute Gasteiger partial charge is 0.490 e. The van der Waals surface area contributed by atoms with Crippen molar-refractivity contribution in [1.82, 2.24) is 15.6 Å². The number of guanidine groups is 1. The van der Waals surface area contributed by atoms with Gasteiger partial charge in [-0.1, -0.05) is 0 Å². The van der Waals surface area contributed by atoms with E-state index in [-0.39, 0.29) is 30.1 Å². The molecule has 0 radical (unpaired) electrons. The SMILES string of the molecule is CN=C(NCCCOC1CCOC1)NCCOc1cccnc1.I. The van der Waals surface area contributed by atoms with E-state index in [0.717, 1.165) is 50.9 Å². The monoisotopic (exact) mass is 450 g/mol. The molecule has 1 aliphatic rings. The first-order valence-corrected chi connectivity index (χ1v) is 8.05. The van der Waals surface area contributed by atoms with Crippen molar-refractivity contribution >= 4 is 29.9 Å². The highest BCUT2D eigenvalue weighted by Gasteiger charge is 2.15. The minimum atomic E-state index is 0. The molecule has 1 atom stereocenters. The molecular formula is C16H27IN4O3. The summed E-state index contributed by atoms with van der Waals surface area (Å²) in [6, 6.07) is 3.73. The number of aromatic nitrogens is 1. The summed E-state index contributed by atoms with van der Waals surface area (Å²) in [5, 5.41) is 6.46. The van der Waals surface area contributed by atoms with E-state index in [1.807, 2.05) is 12.1 Å². The third-order valence-electron chi connectivity index (χ3n) is 3.38. The number of hydrogen-bond donors (Lipinski definition) is 2. The number of pyridine rings is 1. The first kappa shape index (κ1) is 20.9. The fraction of sp³-hybridized carbons (Fsp3) is 0.625. The van der Waals surface area contributed by atoms with Crippen LogP contribution in [0.15, 0.2) is 29.5 Å². The van der Waals surface area contributed by atoms with Crippen LogP contribution in [0.1, 0.15) is 12.8 Å². The Morgan fingerprint density at radius 2 is 2.25 bits per heavy atom. The molecule has 1 aliphatic heterocycles. The van der Waals surface area contributed by atoms with Crippen LogP contribution in [-0.2, 0) is 9.47 Å². The van der Waals surface area contributed by atoms with Crippen molar-refractivity contribution in [2.45, 2.75) is 18.9 Å². The van der Waals surface area contributed by atoms with Crippen LogP contribution in [0, 0.1) is 0 Å². The van der Waals surface area contributed by atoms with Gasteiger partial charge in [0, 0.05) is 33.0 Å². The lowest BCUT2D eigenvalue weighted by Gasteiger charge is -2.13. The van der Waals surface area contributed by atoms with Crippen molar-refractivity contribution in [3.05, 3.63) is 24.5 Å². The molecule has 2 heterocycles. The molecule has 0 aliphatic carbocycles. The minimum Gasteiger partial charge on any atom is -0.490 e. The van der Waals surface area contributed by atoms with E-state index in [1.54, 1.807) is 19.4 Å². The highest BCUT2D eigenvalue weighted by atomic mass is 127. The molecule has 7 nitrogen and oxygen atoms in total. The molecule has 8 heteroatoms. The average molecular weight is 450 g/mol. The summed E-state index contributed by atoms with van der Waals surface area (Å²) in [6.45, 7) is 4.33. The molecule has 1 aromatic rings. The third-order valence-corrected chi connectivity index (χ3v) is 3.38. The van der Waals surface area contributed by atoms with Gasteiger partial charge in [-0.25, -0.2) is 0 Å². The minimum absolute atomic E-state index is 0. The Hall–Kier alpha value is -1.13. The molecule has 2 N–H and O–H groups in total. The molecule has 1 unspecified atom stereocenters. The van der Waals surface area contributed by atoms with E-state index in [1.165, 1.54) is 0 Å². The molecule has 1 aromatic heterocycles. The summed E-state index contributed by atoms with van der Waals surface area (Å²) >= 11 is 0. The third kappa shape index (κ3) is 8.65. The Morgan fingerprint density at radius 3 is 2.96 bits per heavy atom. The number of nitrogens with zero attached hydrogens (tertiary/aromatic N) is 2. The quantitative estimate of drug-likeness (QED) is 0.257. The van der Waals surface area contributed by atoms with Crippen LogP contribution < -0.4 is 15.4 Å². The fourth-order valence-corrected chi connectivity index (χ4v) is 2.16. The van der Waals surface area contributed by atoms with E-state index >= 15 is 0 Å². The molecule has 1 fully saturated rings. The number of aliphatic imine (C=N–C) groups is 1. The maximum Gasteiger partial charge on any atom is 0.191 e. The van der Waals surface area contributed by atoms with Crippen molar-refractivity contribution < 1.29 is 14.2 Å². The van der Waals surface area contributed by atoms with E-state index in [4.69, 9.17) is 14.2 Å². The maximum atomic E-state index is 5.71. The molecule has 0 aromatic carbocycles. The topological polar surface area (TPSA) is 77.0 Å². The lowest BCUT2D eigenvalue weighted by molar-refractivity contribution is 0.0420. The highest BCUT2D eigenvalue weighted by Crippen LogP contribution is 2.07. The zero-order valence-electron chi connectivity index (χ0n) is 14.1. The average Bonchev–Trinajstić information content (AvgIpc) is 3.11. The Balaban J connectivity index is 0.00000288. The summed E-state index contributed by atoms with van der Waals surface area (Å²) in [5.74, 6) is 1.54. The zero-order valence-corrected chi connectivity index (χ0v) is 16.4. The van der Waals surface area contributed by atoms with Gasteiger partial charge in [-0.15, -0.1) is 24.0 Å². The standard InChI is InChI=1S/C16H26N4O3.HI/c1-17-16(19-7-3-9-22-15-5-10-21-13-15)20-8-11-23-14-4-2-6-18-12-14;/h2,4,6,12,15H,3,5,7-11,13H2,1H3,(H2,17,19,20);1H. The van der Waals surface area contributed by atoms with Crippen molar-refractivity contribution in [3.63, 3.8) is 0 Å². The van der Waals surface area contributed by atoms with Gasteiger partial charge in [0.15, 0.2) is 5.96 Å². The maximum absolute atomic E-state index is 5.71. The van der Waals surface area contributed by atoms with Gasteiger partial charge < -0.3 is 24.8 Å². The smallest absolute Gasteiger partial charge is 0.191 e. The van der Waals surface area contributed by atoms with Crippen molar-refractivity contribution in [1.29, 1.82) is 0 Å². The summed E-state index contributed by atoms with van der Waals surface area (Å²) in [7, 11) is 1.75.